The lowest BCUT2D eigenvalue weighted by Crippen LogP contribution is -2.55. The predicted molar refractivity (Wildman–Crippen MR) is 130 cm³/mol. The first-order valence-corrected chi connectivity index (χ1v) is 12.2. The highest BCUT2D eigenvalue weighted by Gasteiger charge is 2.39. The summed E-state index contributed by atoms with van der Waals surface area (Å²) < 4.78 is 11.8. The van der Waals surface area contributed by atoms with Gasteiger partial charge in [-0.2, -0.15) is 0 Å². The van der Waals surface area contributed by atoms with Crippen molar-refractivity contribution in [1.29, 1.82) is 0 Å². The molecule has 2 aromatic rings. The van der Waals surface area contributed by atoms with Crippen LogP contribution >= 0.6 is 11.6 Å². The average molecular weight is 489 g/mol. The number of ether oxygens (including phenoxy) is 2. The fraction of sp³-hybridized carbons (Fsp3) is 0.500. The Labute approximate surface area is 205 Å². The average Bonchev–Trinajstić information content (AvgIpc) is 2.82. The zero-order valence-corrected chi connectivity index (χ0v) is 20.4. The lowest BCUT2D eigenvalue weighted by molar-refractivity contribution is -0.178. The van der Waals surface area contributed by atoms with E-state index in [0.29, 0.717) is 44.1 Å². The molecule has 2 aliphatic heterocycles. The summed E-state index contributed by atoms with van der Waals surface area (Å²) in [6.45, 7) is 4.61. The van der Waals surface area contributed by atoms with E-state index in [1.807, 2.05) is 54.3 Å². The Hall–Kier alpha value is -2.16. The van der Waals surface area contributed by atoms with Gasteiger partial charge in [0, 0.05) is 38.1 Å². The molecule has 2 aromatic carbocycles. The molecule has 2 saturated heterocycles. The Morgan fingerprint density at radius 3 is 2.62 bits per heavy atom. The van der Waals surface area contributed by atoms with E-state index in [-0.39, 0.29) is 18.6 Å². The zero-order valence-electron chi connectivity index (χ0n) is 19.7. The molecular weight excluding hydrogens is 456 g/mol. The number of rotatable bonds is 7. The Kier molecular flexibility index (Phi) is 8.11. The van der Waals surface area contributed by atoms with E-state index in [1.165, 1.54) is 0 Å². The lowest BCUT2D eigenvalue weighted by Gasteiger charge is -2.41. The highest BCUT2D eigenvalue weighted by atomic mass is 35.5. The van der Waals surface area contributed by atoms with Crippen molar-refractivity contribution in [2.75, 3.05) is 39.8 Å². The summed E-state index contributed by atoms with van der Waals surface area (Å²) in [7, 11) is 1.79. The molecule has 1 amide bonds. The van der Waals surface area contributed by atoms with Crippen LogP contribution in [0, 0.1) is 0 Å². The van der Waals surface area contributed by atoms with E-state index >= 15 is 0 Å². The zero-order chi connectivity index (χ0) is 24.2. The van der Waals surface area contributed by atoms with Crippen LogP contribution in [0.5, 0.6) is 5.75 Å². The Morgan fingerprint density at radius 1 is 1.15 bits per heavy atom. The third-order valence-electron chi connectivity index (χ3n) is 6.61. The minimum Gasteiger partial charge on any atom is -0.494 e. The van der Waals surface area contributed by atoms with Crippen molar-refractivity contribution in [3.63, 3.8) is 0 Å². The van der Waals surface area contributed by atoms with Gasteiger partial charge in [-0.25, -0.2) is 0 Å². The molecule has 0 radical (unpaired) electrons. The molecule has 7 nitrogen and oxygen atoms in total. The minimum atomic E-state index is -0.998. The largest absolute Gasteiger partial charge is 0.494 e. The number of likely N-dealkylation sites (N-methyl/N-ethyl adjacent to an activating group) is 1. The number of halogens is 1. The first-order chi connectivity index (χ1) is 16.3. The Balaban J connectivity index is 1.46. The number of hydrogen-bond acceptors (Lipinski definition) is 6. The highest BCUT2D eigenvalue weighted by Crippen LogP contribution is 2.34. The third-order valence-corrected chi connectivity index (χ3v) is 6.98. The van der Waals surface area contributed by atoms with Crippen LogP contribution in [0.1, 0.15) is 36.1 Å². The second-order valence-electron chi connectivity index (χ2n) is 9.11. The monoisotopic (exact) mass is 488 g/mol. The smallest absolute Gasteiger partial charge is 0.236 e. The first kappa shape index (κ1) is 24.9. The molecule has 0 bridgehead atoms. The molecule has 0 aromatic heterocycles. The number of piperazine rings is 1. The van der Waals surface area contributed by atoms with Crippen molar-refractivity contribution < 1.29 is 24.5 Å². The maximum Gasteiger partial charge on any atom is 0.236 e. The summed E-state index contributed by atoms with van der Waals surface area (Å²) in [5, 5.41) is 21.8. The van der Waals surface area contributed by atoms with Crippen LogP contribution in [-0.2, 0) is 16.0 Å². The van der Waals surface area contributed by atoms with E-state index in [0.717, 1.165) is 22.4 Å². The second-order valence-corrected chi connectivity index (χ2v) is 9.52. The molecule has 2 fully saturated rings. The molecule has 2 N–H and O–H groups in total. The number of aliphatic hydroxyl groups excluding tert-OH is 2. The maximum atomic E-state index is 12.1. The molecule has 0 saturated carbocycles. The van der Waals surface area contributed by atoms with Gasteiger partial charge < -0.3 is 24.6 Å². The third kappa shape index (κ3) is 5.90. The van der Waals surface area contributed by atoms with Gasteiger partial charge in [0.2, 0.25) is 5.91 Å². The Morgan fingerprint density at radius 2 is 1.91 bits per heavy atom. The van der Waals surface area contributed by atoms with E-state index < -0.39 is 18.3 Å². The predicted octanol–water partition coefficient (Wildman–Crippen LogP) is 2.66. The summed E-state index contributed by atoms with van der Waals surface area (Å²) in [4.78, 5) is 15.7. The highest BCUT2D eigenvalue weighted by molar-refractivity contribution is 6.31. The van der Waals surface area contributed by atoms with Crippen molar-refractivity contribution in [3.05, 3.63) is 64.2 Å². The van der Waals surface area contributed by atoms with Crippen molar-refractivity contribution in [3.8, 4) is 5.75 Å². The van der Waals surface area contributed by atoms with Gasteiger partial charge in [0.1, 0.15) is 11.9 Å². The van der Waals surface area contributed by atoms with Gasteiger partial charge in [0.05, 0.1) is 31.5 Å². The first-order valence-electron chi connectivity index (χ1n) is 11.8. The minimum absolute atomic E-state index is 0.0466. The van der Waals surface area contributed by atoms with Gasteiger partial charge in [-0.15, -0.1) is 0 Å². The lowest BCUT2D eigenvalue weighted by atomic mass is 9.92. The number of carbonyl (C=O) groups excluding carboxylic acids is 1. The number of aliphatic hydroxyl groups is 2. The summed E-state index contributed by atoms with van der Waals surface area (Å²) in [5.41, 5.74) is 2.99. The standard InChI is InChI=1S/C26H33ClN2O5/c1-3-33-20-7-4-17(5-8-20)12-19-13-18(6-9-21(19)27)23-14-22(30)26(32)24(34-23)15-29-11-10-28(2)25(31)16-29/h4-9,13,22-24,26,30,32H,3,10-12,14-16H2,1-2H3. The topological polar surface area (TPSA) is 82.5 Å². The molecule has 4 rings (SSSR count). The van der Waals surface area contributed by atoms with E-state index in [1.54, 1.807) is 11.9 Å². The number of hydrogen-bond donors (Lipinski definition) is 2. The molecular formula is C26H33ClN2O5. The van der Waals surface area contributed by atoms with Crippen LogP contribution < -0.4 is 4.74 Å². The fourth-order valence-electron chi connectivity index (χ4n) is 4.56. The van der Waals surface area contributed by atoms with Crippen molar-refractivity contribution in [2.45, 2.75) is 44.2 Å². The number of amides is 1. The normalized spacial score (nSPS) is 26.0. The molecule has 34 heavy (non-hydrogen) atoms. The van der Waals surface area contributed by atoms with E-state index in [2.05, 4.69) is 0 Å². The van der Waals surface area contributed by atoms with Gasteiger partial charge in [-0.05, 0) is 48.2 Å². The molecule has 0 spiro atoms. The van der Waals surface area contributed by atoms with Crippen LogP contribution in [0.15, 0.2) is 42.5 Å². The summed E-state index contributed by atoms with van der Waals surface area (Å²) in [6.07, 6.45) is -1.91. The van der Waals surface area contributed by atoms with Gasteiger partial charge in [-0.3, -0.25) is 9.69 Å². The number of nitrogens with zero attached hydrogens (tertiary/aromatic N) is 2. The summed E-state index contributed by atoms with van der Waals surface area (Å²) in [5.74, 6) is 0.882. The number of benzene rings is 2. The van der Waals surface area contributed by atoms with Gasteiger partial charge in [-0.1, -0.05) is 35.9 Å². The van der Waals surface area contributed by atoms with Gasteiger partial charge in [0.15, 0.2) is 0 Å². The molecule has 184 valence electrons. The molecule has 2 aliphatic rings. The van der Waals surface area contributed by atoms with Gasteiger partial charge in [0.25, 0.3) is 0 Å². The van der Waals surface area contributed by atoms with Crippen LogP contribution in [0.3, 0.4) is 0 Å². The van der Waals surface area contributed by atoms with E-state index in [4.69, 9.17) is 21.1 Å². The van der Waals surface area contributed by atoms with Gasteiger partial charge >= 0.3 is 0 Å². The van der Waals surface area contributed by atoms with Crippen molar-refractivity contribution >= 4 is 17.5 Å². The SMILES string of the molecule is CCOc1ccc(Cc2cc(C3CC(O)C(O)C(CN4CCN(C)C(=O)C4)O3)ccc2Cl)cc1. The number of carbonyl (C=O) groups is 1. The van der Waals surface area contributed by atoms with Crippen LogP contribution in [0.4, 0.5) is 0 Å². The molecule has 4 unspecified atom stereocenters. The fourth-order valence-corrected chi connectivity index (χ4v) is 4.74. The molecule has 2 heterocycles. The molecule has 4 atom stereocenters. The van der Waals surface area contributed by atoms with Crippen LogP contribution in [0.25, 0.3) is 0 Å². The van der Waals surface area contributed by atoms with Crippen LogP contribution in [-0.4, -0.2) is 84.1 Å². The summed E-state index contributed by atoms with van der Waals surface area (Å²) in [6, 6.07) is 13.7. The van der Waals surface area contributed by atoms with Crippen molar-refractivity contribution in [1.82, 2.24) is 9.80 Å². The van der Waals surface area contributed by atoms with E-state index in [9.17, 15) is 15.0 Å². The quantitative estimate of drug-likeness (QED) is 0.623. The van der Waals surface area contributed by atoms with Crippen molar-refractivity contribution in [2.24, 2.45) is 0 Å². The Bertz CT molecular complexity index is 986. The van der Waals surface area contributed by atoms with Crippen LogP contribution in [0.2, 0.25) is 5.02 Å². The molecule has 8 heteroatoms. The second kappa shape index (κ2) is 11.1. The molecule has 0 aliphatic carbocycles. The maximum absolute atomic E-state index is 12.1. The summed E-state index contributed by atoms with van der Waals surface area (Å²) >= 11 is 6.50.